The van der Waals surface area contributed by atoms with Crippen LogP contribution in [-0.2, 0) is 11.8 Å². The van der Waals surface area contributed by atoms with E-state index in [1.165, 1.54) is 5.56 Å². The second-order valence-corrected chi connectivity index (χ2v) is 7.69. The fourth-order valence-electron chi connectivity index (χ4n) is 4.68. The molecule has 2 fully saturated rings. The van der Waals surface area contributed by atoms with Gasteiger partial charge in [0.05, 0.1) is 10.9 Å². The molecule has 5 heteroatoms. The Morgan fingerprint density at radius 3 is 2.72 bits per heavy atom. The Morgan fingerprint density at radius 1 is 1.16 bits per heavy atom. The number of aryl methyl sites for hydroxylation is 2. The summed E-state index contributed by atoms with van der Waals surface area (Å²) in [5.74, 6) is 0.248. The summed E-state index contributed by atoms with van der Waals surface area (Å²) >= 11 is 0. The lowest BCUT2D eigenvalue weighted by atomic mass is 9.78. The summed E-state index contributed by atoms with van der Waals surface area (Å²) in [5, 5.41) is 1.09. The first-order valence-corrected chi connectivity index (χ1v) is 9.03. The molecule has 0 saturated carbocycles. The van der Waals surface area contributed by atoms with Gasteiger partial charge in [-0.25, -0.2) is 0 Å². The van der Waals surface area contributed by atoms with Crippen molar-refractivity contribution in [1.29, 1.82) is 0 Å². The van der Waals surface area contributed by atoms with Crippen LogP contribution in [0.5, 0.6) is 0 Å². The summed E-state index contributed by atoms with van der Waals surface area (Å²) in [7, 11) is 3.83. The van der Waals surface area contributed by atoms with Gasteiger partial charge < -0.3 is 14.4 Å². The van der Waals surface area contributed by atoms with Gasteiger partial charge in [-0.3, -0.25) is 9.59 Å². The van der Waals surface area contributed by atoms with Crippen LogP contribution in [0.15, 0.2) is 24.3 Å². The Hall–Kier alpha value is -2.30. The van der Waals surface area contributed by atoms with Gasteiger partial charge in [-0.05, 0) is 37.8 Å². The van der Waals surface area contributed by atoms with E-state index in [1.54, 1.807) is 0 Å². The van der Waals surface area contributed by atoms with E-state index in [-0.39, 0.29) is 17.2 Å². The van der Waals surface area contributed by atoms with Crippen molar-refractivity contribution in [3.8, 4) is 0 Å². The van der Waals surface area contributed by atoms with Gasteiger partial charge >= 0.3 is 0 Å². The van der Waals surface area contributed by atoms with Crippen molar-refractivity contribution in [2.24, 2.45) is 12.5 Å². The Labute approximate surface area is 148 Å². The summed E-state index contributed by atoms with van der Waals surface area (Å²) in [6.45, 7) is 4.11. The minimum absolute atomic E-state index is 0.0380. The largest absolute Gasteiger partial charge is 0.345 e. The summed E-state index contributed by atoms with van der Waals surface area (Å²) in [6.07, 6.45) is 2.70. The molecule has 2 amide bonds. The highest BCUT2D eigenvalue weighted by molar-refractivity contribution is 6.00. The number of piperidine rings is 1. The first kappa shape index (κ1) is 16.2. The third-order valence-electron chi connectivity index (χ3n) is 6.07. The van der Waals surface area contributed by atoms with E-state index >= 15 is 0 Å². The van der Waals surface area contributed by atoms with Gasteiger partial charge in [0.25, 0.3) is 5.91 Å². The molecule has 0 aliphatic carbocycles. The van der Waals surface area contributed by atoms with Crippen LogP contribution < -0.4 is 0 Å². The number of amides is 2. The molecule has 3 heterocycles. The zero-order valence-electron chi connectivity index (χ0n) is 15.2. The lowest BCUT2D eigenvalue weighted by molar-refractivity contribution is -0.143. The Bertz CT molecular complexity index is 869. The maximum Gasteiger partial charge on any atom is 0.270 e. The quantitative estimate of drug-likeness (QED) is 0.802. The number of aromatic nitrogens is 1. The molecule has 25 heavy (non-hydrogen) atoms. The summed E-state index contributed by atoms with van der Waals surface area (Å²) < 4.78 is 1.99. The maximum atomic E-state index is 13.1. The number of benzene rings is 1. The number of hydrogen-bond acceptors (Lipinski definition) is 2. The molecule has 132 valence electrons. The SMILES string of the molecule is Cc1cccc2cc(C(=O)N3CCC4(CCCN(C)C4=O)C3)n(C)c12. The maximum absolute atomic E-state index is 13.1. The Balaban J connectivity index is 1.64. The number of likely N-dealkylation sites (tertiary alicyclic amines) is 2. The topological polar surface area (TPSA) is 45.6 Å². The zero-order chi connectivity index (χ0) is 17.8. The van der Waals surface area contributed by atoms with Crippen LogP contribution in [0.3, 0.4) is 0 Å². The van der Waals surface area contributed by atoms with Gasteiger partial charge in [0, 0.05) is 39.1 Å². The number of carbonyl (C=O) groups is 2. The van der Waals surface area contributed by atoms with E-state index in [0.717, 1.165) is 36.7 Å². The fourth-order valence-corrected chi connectivity index (χ4v) is 4.68. The first-order valence-electron chi connectivity index (χ1n) is 9.03. The van der Waals surface area contributed by atoms with Crippen molar-refractivity contribution in [3.63, 3.8) is 0 Å². The second kappa shape index (κ2) is 5.61. The third kappa shape index (κ3) is 2.36. The van der Waals surface area contributed by atoms with Crippen LogP contribution in [0.4, 0.5) is 0 Å². The molecule has 1 aromatic carbocycles. The van der Waals surface area contributed by atoms with E-state index in [1.807, 2.05) is 46.7 Å². The predicted molar refractivity (Wildman–Crippen MR) is 97.5 cm³/mol. The molecule has 0 radical (unpaired) electrons. The standard InChI is InChI=1S/C20H25N3O2/c1-14-6-4-7-15-12-16(22(3)17(14)15)18(24)23-11-9-20(13-23)8-5-10-21(2)19(20)25/h4,6-7,12H,5,8-11,13H2,1-3H3. The van der Waals surface area contributed by atoms with Gasteiger partial charge in [-0.15, -0.1) is 0 Å². The van der Waals surface area contributed by atoms with Crippen LogP contribution in [-0.4, -0.2) is 52.9 Å². The Kier molecular flexibility index (Phi) is 3.63. The fraction of sp³-hybridized carbons (Fsp3) is 0.500. The lowest BCUT2D eigenvalue weighted by Crippen LogP contribution is -2.48. The molecule has 2 saturated heterocycles. The molecule has 4 rings (SSSR count). The molecule has 5 nitrogen and oxygen atoms in total. The number of hydrogen-bond donors (Lipinski definition) is 0. The van der Waals surface area contributed by atoms with Crippen LogP contribution in [0.25, 0.3) is 10.9 Å². The van der Waals surface area contributed by atoms with E-state index in [4.69, 9.17) is 0 Å². The molecule has 2 aliphatic rings. The highest BCUT2D eigenvalue weighted by Gasteiger charge is 2.48. The van der Waals surface area contributed by atoms with Gasteiger partial charge in [0.15, 0.2) is 0 Å². The van der Waals surface area contributed by atoms with Crippen LogP contribution in [0.2, 0.25) is 0 Å². The van der Waals surface area contributed by atoms with Crippen molar-refractivity contribution >= 4 is 22.7 Å². The number of para-hydroxylation sites is 1. The zero-order valence-corrected chi connectivity index (χ0v) is 15.2. The normalized spacial score (nSPS) is 23.9. The molecule has 0 N–H and O–H groups in total. The molecule has 1 unspecified atom stereocenters. The van der Waals surface area contributed by atoms with E-state index in [2.05, 4.69) is 13.0 Å². The monoisotopic (exact) mass is 339 g/mol. The number of nitrogens with zero attached hydrogens (tertiary/aromatic N) is 3. The first-order chi connectivity index (χ1) is 11.9. The van der Waals surface area contributed by atoms with Crippen molar-refractivity contribution in [2.45, 2.75) is 26.2 Å². The van der Waals surface area contributed by atoms with Crippen molar-refractivity contribution in [1.82, 2.24) is 14.4 Å². The molecular weight excluding hydrogens is 314 g/mol. The van der Waals surface area contributed by atoms with Gasteiger partial charge in [0.1, 0.15) is 5.69 Å². The average Bonchev–Trinajstić information content (AvgIpc) is 3.16. The van der Waals surface area contributed by atoms with Crippen LogP contribution in [0, 0.1) is 12.3 Å². The highest BCUT2D eigenvalue weighted by atomic mass is 16.2. The molecule has 1 aromatic heterocycles. The number of rotatable bonds is 1. The minimum atomic E-state index is -0.358. The smallest absolute Gasteiger partial charge is 0.270 e. The van der Waals surface area contributed by atoms with Crippen molar-refractivity contribution in [3.05, 3.63) is 35.5 Å². The summed E-state index contributed by atoms with van der Waals surface area (Å²) in [5.41, 5.74) is 2.62. The minimum Gasteiger partial charge on any atom is -0.345 e. The Morgan fingerprint density at radius 2 is 1.96 bits per heavy atom. The lowest BCUT2D eigenvalue weighted by Gasteiger charge is -2.37. The molecule has 2 aliphatic heterocycles. The van der Waals surface area contributed by atoms with Crippen molar-refractivity contribution in [2.75, 3.05) is 26.7 Å². The van der Waals surface area contributed by atoms with E-state index < -0.39 is 0 Å². The molecular formula is C20H25N3O2. The van der Waals surface area contributed by atoms with Gasteiger partial charge in [-0.1, -0.05) is 18.2 Å². The summed E-state index contributed by atoms with van der Waals surface area (Å²) in [4.78, 5) is 29.5. The average molecular weight is 339 g/mol. The molecule has 0 bridgehead atoms. The number of carbonyl (C=O) groups excluding carboxylic acids is 2. The van der Waals surface area contributed by atoms with Gasteiger partial charge in [0.2, 0.25) is 5.91 Å². The van der Waals surface area contributed by atoms with Gasteiger partial charge in [-0.2, -0.15) is 0 Å². The highest BCUT2D eigenvalue weighted by Crippen LogP contribution is 2.40. The summed E-state index contributed by atoms with van der Waals surface area (Å²) in [6, 6.07) is 8.11. The van der Waals surface area contributed by atoms with Crippen LogP contribution in [0.1, 0.15) is 35.3 Å². The molecule has 1 atom stereocenters. The molecule has 1 spiro atoms. The third-order valence-corrected chi connectivity index (χ3v) is 6.07. The van der Waals surface area contributed by atoms with Crippen LogP contribution >= 0.6 is 0 Å². The van der Waals surface area contributed by atoms with Crippen molar-refractivity contribution < 1.29 is 9.59 Å². The molecule has 2 aromatic rings. The van der Waals surface area contributed by atoms with E-state index in [9.17, 15) is 9.59 Å². The van der Waals surface area contributed by atoms with E-state index in [0.29, 0.717) is 18.8 Å². The second-order valence-electron chi connectivity index (χ2n) is 7.69. The predicted octanol–water partition coefficient (Wildman–Crippen LogP) is 2.57. The number of fused-ring (bicyclic) bond motifs is 1.